The Morgan fingerprint density at radius 2 is 1.97 bits per heavy atom. The fourth-order valence-electron chi connectivity index (χ4n) is 3.31. The van der Waals surface area contributed by atoms with E-state index in [0.29, 0.717) is 40.7 Å². The number of nitrogens with zero attached hydrogens (tertiary/aromatic N) is 3. The maximum atomic E-state index is 13.7. The van der Waals surface area contributed by atoms with Crippen LogP contribution in [0, 0.1) is 5.82 Å². The molecule has 1 atom stereocenters. The first kappa shape index (κ1) is 25.0. The molecule has 4 N–H and O–H groups in total. The SMILES string of the molecule is COc1nc(C2CNCCO2)ccc1Nc1ncc(Br)c(Nc2ccc(F)cc2NS(C)(=O)=O)n1. The molecular formula is C21H23BrFN7O4S. The Labute approximate surface area is 210 Å². The number of rotatable bonds is 8. The van der Waals surface area contributed by atoms with Gasteiger partial charge in [-0.1, -0.05) is 0 Å². The van der Waals surface area contributed by atoms with Gasteiger partial charge in [-0.2, -0.15) is 4.98 Å². The molecule has 0 spiro atoms. The maximum absolute atomic E-state index is 13.7. The highest BCUT2D eigenvalue weighted by Crippen LogP contribution is 2.32. The number of hydrogen-bond donors (Lipinski definition) is 4. The molecule has 3 aromatic rings. The van der Waals surface area contributed by atoms with E-state index >= 15 is 0 Å². The van der Waals surface area contributed by atoms with Gasteiger partial charge in [0.2, 0.25) is 21.9 Å². The molecule has 0 saturated carbocycles. The Balaban J connectivity index is 1.58. The zero-order valence-electron chi connectivity index (χ0n) is 18.8. The molecule has 14 heteroatoms. The van der Waals surface area contributed by atoms with Crippen LogP contribution in [0.4, 0.5) is 33.2 Å². The number of aromatic nitrogens is 3. The number of benzene rings is 1. The molecule has 1 aliphatic heterocycles. The minimum Gasteiger partial charge on any atom is -0.480 e. The predicted molar refractivity (Wildman–Crippen MR) is 134 cm³/mol. The summed E-state index contributed by atoms with van der Waals surface area (Å²) >= 11 is 3.37. The van der Waals surface area contributed by atoms with Crippen LogP contribution < -0.4 is 25.4 Å². The largest absolute Gasteiger partial charge is 0.480 e. The summed E-state index contributed by atoms with van der Waals surface area (Å²) in [6.07, 6.45) is 2.33. The minimum atomic E-state index is -3.63. The molecule has 0 amide bonds. The summed E-state index contributed by atoms with van der Waals surface area (Å²) in [7, 11) is -2.12. The van der Waals surface area contributed by atoms with Crippen molar-refractivity contribution in [3.05, 3.63) is 52.5 Å². The molecule has 1 aliphatic rings. The number of sulfonamides is 1. The van der Waals surface area contributed by atoms with Gasteiger partial charge in [0.05, 0.1) is 41.5 Å². The Kier molecular flexibility index (Phi) is 7.64. The smallest absolute Gasteiger partial charge is 0.237 e. The van der Waals surface area contributed by atoms with E-state index < -0.39 is 15.8 Å². The second-order valence-corrected chi connectivity index (χ2v) is 10.2. The summed E-state index contributed by atoms with van der Waals surface area (Å²) in [5.41, 5.74) is 1.61. The van der Waals surface area contributed by atoms with Crippen molar-refractivity contribution >= 4 is 54.8 Å². The zero-order chi connectivity index (χ0) is 25.0. The minimum absolute atomic E-state index is 0.0356. The summed E-state index contributed by atoms with van der Waals surface area (Å²) in [6.45, 7) is 2.06. The molecule has 1 aromatic carbocycles. The van der Waals surface area contributed by atoms with Gasteiger partial charge in [-0.3, -0.25) is 4.72 Å². The van der Waals surface area contributed by atoms with E-state index in [1.54, 1.807) is 6.07 Å². The molecule has 4 rings (SSSR count). The quantitative estimate of drug-likeness (QED) is 0.320. The highest BCUT2D eigenvalue weighted by Gasteiger charge is 2.19. The maximum Gasteiger partial charge on any atom is 0.237 e. The van der Waals surface area contributed by atoms with Crippen LogP contribution >= 0.6 is 15.9 Å². The number of ether oxygens (including phenoxy) is 2. The van der Waals surface area contributed by atoms with Gasteiger partial charge in [-0.05, 0) is 40.2 Å². The number of pyridine rings is 1. The van der Waals surface area contributed by atoms with E-state index in [1.807, 2.05) is 6.07 Å². The fourth-order valence-corrected chi connectivity index (χ4v) is 4.17. The van der Waals surface area contributed by atoms with Gasteiger partial charge >= 0.3 is 0 Å². The third-order valence-corrected chi connectivity index (χ3v) is 6.02. The van der Waals surface area contributed by atoms with Crippen LogP contribution in [0.1, 0.15) is 11.8 Å². The lowest BCUT2D eigenvalue weighted by Crippen LogP contribution is -2.33. The van der Waals surface area contributed by atoms with E-state index in [-0.39, 0.29) is 17.7 Å². The van der Waals surface area contributed by atoms with Gasteiger partial charge in [0.25, 0.3) is 0 Å². The van der Waals surface area contributed by atoms with E-state index in [2.05, 4.69) is 51.6 Å². The first-order valence-electron chi connectivity index (χ1n) is 10.4. The molecule has 3 heterocycles. The topological polar surface area (TPSA) is 139 Å². The molecule has 1 fully saturated rings. The Bertz CT molecular complexity index is 1320. The van der Waals surface area contributed by atoms with Gasteiger partial charge in [0.15, 0.2) is 0 Å². The van der Waals surface area contributed by atoms with Gasteiger partial charge in [-0.25, -0.2) is 22.8 Å². The number of hydrogen-bond acceptors (Lipinski definition) is 10. The van der Waals surface area contributed by atoms with Crippen LogP contribution in [-0.2, 0) is 14.8 Å². The van der Waals surface area contributed by atoms with Crippen molar-refractivity contribution in [3.63, 3.8) is 0 Å². The number of morpholine rings is 1. The third kappa shape index (κ3) is 6.54. The van der Waals surface area contributed by atoms with E-state index in [4.69, 9.17) is 9.47 Å². The van der Waals surface area contributed by atoms with Gasteiger partial charge in [0, 0.05) is 25.4 Å². The van der Waals surface area contributed by atoms with Crippen molar-refractivity contribution in [2.24, 2.45) is 0 Å². The van der Waals surface area contributed by atoms with Crippen molar-refractivity contribution in [3.8, 4) is 5.88 Å². The molecular weight excluding hydrogens is 545 g/mol. The summed E-state index contributed by atoms with van der Waals surface area (Å²) in [5, 5.41) is 9.33. The molecule has 186 valence electrons. The van der Waals surface area contributed by atoms with Crippen LogP contribution in [0.5, 0.6) is 5.88 Å². The van der Waals surface area contributed by atoms with Gasteiger partial charge < -0.3 is 25.4 Å². The fraction of sp³-hybridized carbons (Fsp3) is 0.286. The normalized spacial score (nSPS) is 15.9. The van der Waals surface area contributed by atoms with Crippen molar-refractivity contribution in [1.82, 2.24) is 20.3 Å². The average molecular weight is 568 g/mol. The molecule has 0 bridgehead atoms. The summed E-state index contributed by atoms with van der Waals surface area (Å²) in [6, 6.07) is 7.31. The molecule has 1 saturated heterocycles. The van der Waals surface area contributed by atoms with Crippen LogP contribution in [0.2, 0.25) is 0 Å². The Morgan fingerprint density at radius 1 is 1.17 bits per heavy atom. The summed E-state index contributed by atoms with van der Waals surface area (Å²) in [5.74, 6) is 0.286. The zero-order valence-corrected chi connectivity index (χ0v) is 21.2. The first-order chi connectivity index (χ1) is 16.7. The second-order valence-electron chi connectivity index (χ2n) is 7.56. The van der Waals surface area contributed by atoms with Crippen molar-refractivity contribution in [1.29, 1.82) is 0 Å². The van der Waals surface area contributed by atoms with E-state index in [1.165, 1.54) is 25.4 Å². The molecule has 11 nitrogen and oxygen atoms in total. The number of anilines is 5. The van der Waals surface area contributed by atoms with Crippen molar-refractivity contribution in [2.75, 3.05) is 48.4 Å². The highest BCUT2D eigenvalue weighted by molar-refractivity contribution is 9.10. The summed E-state index contributed by atoms with van der Waals surface area (Å²) < 4.78 is 51.1. The van der Waals surface area contributed by atoms with E-state index in [0.717, 1.165) is 24.6 Å². The van der Waals surface area contributed by atoms with Crippen LogP contribution in [0.15, 0.2) is 41.0 Å². The molecule has 0 aliphatic carbocycles. The molecule has 1 unspecified atom stereocenters. The Hall–Kier alpha value is -3.07. The molecule has 0 radical (unpaired) electrons. The third-order valence-electron chi connectivity index (χ3n) is 4.85. The van der Waals surface area contributed by atoms with Crippen LogP contribution in [-0.4, -0.2) is 56.4 Å². The lowest BCUT2D eigenvalue weighted by atomic mass is 10.2. The number of methoxy groups -OCH3 is 1. The number of nitrogens with one attached hydrogen (secondary N) is 4. The monoisotopic (exact) mass is 567 g/mol. The lowest BCUT2D eigenvalue weighted by molar-refractivity contribution is 0.0247. The van der Waals surface area contributed by atoms with Crippen molar-refractivity contribution in [2.45, 2.75) is 6.10 Å². The highest BCUT2D eigenvalue weighted by atomic mass is 79.9. The molecule has 2 aromatic heterocycles. The second kappa shape index (κ2) is 10.7. The average Bonchev–Trinajstić information content (AvgIpc) is 2.82. The number of halogens is 2. The van der Waals surface area contributed by atoms with Gasteiger partial charge in [0.1, 0.15) is 23.4 Å². The predicted octanol–water partition coefficient (Wildman–Crippen LogP) is 3.30. The Morgan fingerprint density at radius 3 is 2.69 bits per heavy atom. The van der Waals surface area contributed by atoms with Crippen LogP contribution in [0.3, 0.4) is 0 Å². The van der Waals surface area contributed by atoms with E-state index in [9.17, 15) is 12.8 Å². The first-order valence-corrected chi connectivity index (χ1v) is 13.1. The standard InChI is InChI=1S/C21H23BrFN7O4S/c1-33-20-16(6-5-15(27-20)18-11-24-7-8-34-18)28-21-25-10-13(22)19(29-21)26-14-4-3-12(23)9-17(14)30-35(2,31)32/h3-6,9-10,18,24,30H,7-8,11H2,1-2H3,(H2,25,26,28,29). The molecule has 35 heavy (non-hydrogen) atoms. The summed E-state index contributed by atoms with van der Waals surface area (Å²) in [4.78, 5) is 13.2. The van der Waals surface area contributed by atoms with Crippen molar-refractivity contribution < 1.29 is 22.3 Å². The van der Waals surface area contributed by atoms with Gasteiger partial charge in [-0.15, -0.1) is 0 Å². The van der Waals surface area contributed by atoms with Crippen LogP contribution in [0.25, 0.3) is 0 Å². The lowest BCUT2D eigenvalue weighted by Gasteiger charge is -2.23.